The Labute approximate surface area is 92.2 Å². The quantitative estimate of drug-likeness (QED) is 0.482. The molecular weight excluding hydrogens is 210 g/mol. The van der Waals surface area contributed by atoms with Gasteiger partial charge in [0, 0.05) is 12.1 Å². The molecule has 0 fully saturated rings. The third-order valence-corrected chi connectivity index (χ3v) is 2.10. The van der Waals surface area contributed by atoms with Crippen LogP contribution in [0.25, 0.3) is 6.08 Å². The average molecular weight is 221 g/mol. The summed E-state index contributed by atoms with van der Waals surface area (Å²) >= 11 is 0. The fraction of sp³-hybridized carbons (Fsp3) is 0.182. The summed E-state index contributed by atoms with van der Waals surface area (Å²) in [7, 11) is 0. The van der Waals surface area contributed by atoms with Crippen LogP contribution >= 0.6 is 0 Å². The Kier molecular flexibility index (Phi) is 3.40. The molecule has 0 atom stereocenters. The van der Waals surface area contributed by atoms with Gasteiger partial charge in [0.05, 0.1) is 10.5 Å². The van der Waals surface area contributed by atoms with Crippen molar-refractivity contribution in [1.82, 2.24) is 0 Å². The highest BCUT2D eigenvalue weighted by Gasteiger charge is 2.14. The van der Waals surface area contributed by atoms with Crippen molar-refractivity contribution in [1.29, 1.82) is 0 Å². The maximum absolute atomic E-state index is 10.8. The summed E-state index contributed by atoms with van der Waals surface area (Å²) < 4.78 is 0. The summed E-state index contributed by atoms with van der Waals surface area (Å²) in [6.07, 6.45) is 2.14. The van der Waals surface area contributed by atoms with Crippen LogP contribution in [0.4, 0.5) is 5.69 Å². The number of aryl methyl sites for hydroxylation is 2. The number of nitrogens with zero attached hydrogens (tertiary/aromatic N) is 1. The molecule has 1 N–H and O–H groups in total. The van der Waals surface area contributed by atoms with Crippen LogP contribution in [0.3, 0.4) is 0 Å². The van der Waals surface area contributed by atoms with Gasteiger partial charge < -0.3 is 5.11 Å². The number of benzene rings is 1. The second kappa shape index (κ2) is 4.57. The fourth-order valence-corrected chi connectivity index (χ4v) is 1.48. The third kappa shape index (κ3) is 2.66. The molecule has 0 unspecified atom stereocenters. The lowest BCUT2D eigenvalue weighted by molar-refractivity contribution is -0.385. The second-order valence-electron chi connectivity index (χ2n) is 3.44. The van der Waals surface area contributed by atoms with E-state index in [4.69, 9.17) is 5.11 Å². The molecule has 0 heterocycles. The number of nitro benzene ring substituents is 1. The topological polar surface area (TPSA) is 80.4 Å². The minimum atomic E-state index is -1.13. The summed E-state index contributed by atoms with van der Waals surface area (Å²) in [5, 5.41) is 19.3. The van der Waals surface area contributed by atoms with Gasteiger partial charge in [0.1, 0.15) is 0 Å². The van der Waals surface area contributed by atoms with Crippen LogP contribution < -0.4 is 0 Å². The van der Waals surface area contributed by atoms with Crippen molar-refractivity contribution in [3.05, 3.63) is 45.0 Å². The lowest BCUT2D eigenvalue weighted by Gasteiger charge is -2.03. The number of nitro groups is 1. The third-order valence-electron chi connectivity index (χ3n) is 2.10. The Balaban J connectivity index is 3.35. The molecular formula is C11H11NO4. The molecule has 84 valence electrons. The monoisotopic (exact) mass is 221 g/mol. The molecule has 0 saturated heterocycles. The lowest BCUT2D eigenvalue weighted by Crippen LogP contribution is -1.96. The van der Waals surface area contributed by atoms with Gasteiger partial charge in [0.2, 0.25) is 0 Å². The highest BCUT2D eigenvalue weighted by Crippen LogP contribution is 2.25. The van der Waals surface area contributed by atoms with Crippen LogP contribution in [0.1, 0.15) is 16.7 Å². The fourth-order valence-electron chi connectivity index (χ4n) is 1.48. The molecule has 1 rings (SSSR count). The number of carboxylic acid groups (broad SMARTS) is 1. The normalized spacial score (nSPS) is 10.6. The summed E-state index contributed by atoms with van der Waals surface area (Å²) in [5.74, 6) is -1.13. The van der Waals surface area contributed by atoms with Crippen molar-refractivity contribution in [3.8, 4) is 0 Å². The van der Waals surface area contributed by atoms with Crippen LogP contribution in [0, 0.1) is 24.0 Å². The maximum atomic E-state index is 10.8. The van der Waals surface area contributed by atoms with Crippen molar-refractivity contribution < 1.29 is 14.8 Å². The molecule has 1 aromatic carbocycles. The highest BCUT2D eigenvalue weighted by atomic mass is 16.6. The van der Waals surface area contributed by atoms with E-state index in [1.165, 1.54) is 12.1 Å². The molecule has 0 saturated carbocycles. The first-order chi connectivity index (χ1) is 7.41. The molecule has 1 aromatic rings. The van der Waals surface area contributed by atoms with Crippen LogP contribution in [-0.2, 0) is 4.79 Å². The molecule has 16 heavy (non-hydrogen) atoms. The van der Waals surface area contributed by atoms with E-state index < -0.39 is 10.9 Å². The van der Waals surface area contributed by atoms with Crippen molar-refractivity contribution in [2.75, 3.05) is 0 Å². The van der Waals surface area contributed by atoms with E-state index in [1.54, 1.807) is 19.9 Å². The number of hydrogen-bond acceptors (Lipinski definition) is 3. The van der Waals surface area contributed by atoms with Gasteiger partial charge in [0.25, 0.3) is 5.69 Å². The van der Waals surface area contributed by atoms with Gasteiger partial charge >= 0.3 is 5.97 Å². The molecule has 0 aliphatic carbocycles. The van der Waals surface area contributed by atoms with E-state index in [2.05, 4.69) is 0 Å². The Morgan fingerprint density at radius 1 is 1.44 bits per heavy atom. The van der Waals surface area contributed by atoms with Gasteiger partial charge in [0.15, 0.2) is 0 Å². The molecule has 0 aliphatic rings. The van der Waals surface area contributed by atoms with E-state index in [0.717, 1.165) is 11.6 Å². The largest absolute Gasteiger partial charge is 0.478 e. The maximum Gasteiger partial charge on any atom is 0.328 e. The predicted molar refractivity (Wildman–Crippen MR) is 59.2 cm³/mol. The number of carboxylic acids is 1. The molecule has 0 aliphatic heterocycles. The first-order valence-corrected chi connectivity index (χ1v) is 4.58. The standard InChI is InChI=1S/C11H11NO4/c1-7-5-8(2)9(3-4-11(13)14)10(6-7)12(15)16/h3-6H,1-2H3,(H,13,14). The smallest absolute Gasteiger partial charge is 0.328 e. The minimum absolute atomic E-state index is 0.0741. The Hall–Kier alpha value is -2.17. The van der Waals surface area contributed by atoms with Gasteiger partial charge in [-0.2, -0.15) is 0 Å². The summed E-state index contributed by atoms with van der Waals surface area (Å²) in [6.45, 7) is 3.46. The van der Waals surface area contributed by atoms with Crippen LogP contribution in [-0.4, -0.2) is 16.0 Å². The molecule has 0 radical (unpaired) electrons. The van der Waals surface area contributed by atoms with Gasteiger partial charge in [-0.25, -0.2) is 4.79 Å². The molecule has 0 amide bonds. The first kappa shape index (κ1) is 11.9. The number of aliphatic carboxylic acids is 1. The minimum Gasteiger partial charge on any atom is -0.478 e. The summed E-state index contributed by atoms with van der Waals surface area (Å²) in [4.78, 5) is 20.7. The van der Waals surface area contributed by atoms with Crippen LogP contribution in [0.2, 0.25) is 0 Å². The first-order valence-electron chi connectivity index (χ1n) is 4.58. The van der Waals surface area contributed by atoms with E-state index in [1.807, 2.05) is 0 Å². The second-order valence-corrected chi connectivity index (χ2v) is 3.44. The van der Waals surface area contributed by atoms with Crippen molar-refractivity contribution in [3.63, 3.8) is 0 Å². The zero-order chi connectivity index (χ0) is 12.3. The number of rotatable bonds is 3. The van der Waals surface area contributed by atoms with Crippen molar-refractivity contribution in [2.24, 2.45) is 0 Å². The summed E-state index contributed by atoms with van der Waals surface area (Å²) in [5.41, 5.74) is 1.72. The zero-order valence-corrected chi connectivity index (χ0v) is 8.93. The van der Waals surface area contributed by atoms with Gasteiger partial charge in [-0.3, -0.25) is 10.1 Å². The average Bonchev–Trinajstić information content (AvgIpc) is 2.14. The van der Waals surface area contributed by atoms with Crippen molar-refractivity contribution in [2.45, 2.75) is 13.8 Å². The molecule has 5 nitrogen and oxygen atoms in total. The predicted octanol–water partition coefficient (Wildman–Crippen LogP) is 2.31. The zero-order valence-electron chi connectivity index (χ0n) is 8.93. The lowest BCUT2D eigenvalue weighted by atomic mass is 10.0. The SMILES string of the molecule is Cc1cc(C)c(C=CC(=O)O)c([N+](=O)[O-])c1. The van der Waals surface area contributed by atoms with E-state index >= 15 is 0 Å². The molecule has 0 aromatic heterocycles. The van der Waals surface area contributed by atoms with Gasteiger partial charge in [-0.1, -0.05) is 6.07 Å². The Morgan fingerprint density at radius 3 is 2.56 bits per heavy atom. The number of carbonyl (C=O) groups is 1. The van der Waals surface area contributed by atoms with E-state index in [0.29, 0.717) is 11.1 Å². The number of hydrogen-bond donors (Lipinski definition) is 1. The van der Waals surface area contributed by atoms with E-state index in [9.17, 15) is 14.9 Å². The van der Waals surface area contributed by atoms with Gasteiger partial charge in [-0.15, -0.1) is 0 Å². The summed E-state index contributed by atoms with van der Waals surface area (Å²) in [6, 6.07) is 3.20. The van der Waals surface area contributed by atoms with Crippen LogP contribution in [0.15, 0.2) is 18.2 Å². The van der Waals surface area contributed by atoms with E-state index in [-0.39, 0.29) is 5.69 Å². The molecule has 0 spiro atoms. The van der Waals surface area contributed by atoms with Crippen LogP contribution in [0.5, 0.6) is 0 Å². The van der Waals surface area contributed by atoms with Gasteiger partial charge in [-0.05, 0) is 31.1 Å². The Bertz CT molecular complexity index is 477. The highest BCUT2D eigenvalue weighted by molar-refractivity contribution is 5.86. The Morgan fingerprint density at radius 2 is 2.06 bits per heavy atom. The molecule has 0 bridgehead atoms. The van der Waals surface area contributed by atoms with Crippen molar-refractivity contribution >= 4 is 17.7 Å². The molecule has 5 heteroatoms.